The molecule has 0 bridgehead atoms. The van der Waals surface area contributed by atoms with Crippen molar-refractivity contribution in [1.82, 2.24) is 0 Å². The number of rotatable bonds is 15. The molecule has 0 saturated heterocycles. The van der Waals surface area contributed by atoms with Gasteiger partial charge in [-0.05, 0) is 159 Å². The maximum absolute atomic E-state index is 2.63. The van der Waals surface area contributed by atoms with Crippen molar-refractivity contribution in [2.24, 2.45) is 0 Å². The van der Waals surface area contributed by atoms with Gasteiger partial charge in [0.2, 0.25) is 0 Å². The SMILES string of the molecule is CCCCC1(CCCC)c2ccccc2-c2ccc(-c3c4ccccc4c(-c4c5ccccc5c(-c5ccc6c(c5)C(CCCC)(CCCC)c5ccccc5-6)c5ccccc45)c4ccccc34)cc21. The van der Waals surface area contributed by atoms with Gasteiger partial charge in [0.15, 0.2) is 0 Å². The summed E-state index contributed by atoms with van der Waals surface area (Å²) in [5.74, 6) is 0. The molecule has 0 N–H and O–H groups in total. The Bertz CT molecular complexity index is 3250. The van der Waals surface area contributed by atoms with Crippen LogP contribution in [0.15, 0.2) is 182 Å². The van der Waals surface area contributed by atoms with E-state index < -0.39 is 0 Å². The van der Waals surface area contributed by atoms with E-state index in [0.717, 1.165) is 0 Å². The highest BCUT2D eigenvalue weighted by Crippen LogP contribution is 2.58. The van der Waals surface area contributed by atoms with Gasteiger partial charge in [-0.25, -0.2) is 0 Å². The van der Waals surface area contributed by atoms with Gasteiger partial charge in [0.05, 0.1) is 0 Å². The molecule has 0 unspecified atom stereocenters. The van der Waals surface area contributed by atoms with Crippen molar-refractivity contribution in [2.45, 2.75) is 116 Å². The predicted molar refractivity (Wildman–Crippen MR) is 303 cm³/mol. The van der Waals surface area contributed by atoms with Gasteiger partial charge in [-0.15, -0.1) is 0 Å². The first-order valence-electron chi connectivity index (χ1n) is 26.9. The minimum Gasteiger partial charge on any atom is -0.0654 e. The quantitative estimate of drug-likeness (QED) is 0.0899. The summed E-state index contributed by atoms with van der Waals surface area (Å²) >= 11 is 0. The molecule has 0 aliphatic heterocycles. The Morgan fingerprint density at radius 1 is 0.257 bits per heavy atom. The summed E-state index contributed by atoms with van der Waals surface area (Å²) in [5.41, 5.74) is 19.9. The van der Waals surface area contributed by atoms with Gasteiger partial charge < -0.3 is 0 Å². The number of unbranched alkanes of at least 4 members (excludes halogenated alkanes) is 4. The molecule has 10 aromatic rings. The fourth-order valence-corrected chi connectivity index (χ4v) is 13.9. The standard InChI is InChI=1S/C70H66/c1-5-9-41-69(42-10-6-2)61-35-23-21-25-49(61)51-39-37-47(45-63(51)69)65-53-27-13-17-31-57(53)67(58-32-18-14-28-54(58)65)68-59-33-19-15-29-55(59)66(56-30-16-20-34-60(56)68)48-38-40-52-50-26-22-24-36-62(50)70(43-11-7-3,44-12-8-4)64(52)46-48/h13-40,45-46H,5-12,41-44H2,1-4H3. The van der Waals surface area contributed by atoms with Crippen LogP contribution in [0.3, 0.4) is 0 Å². The van der Waals surface area contributed by atoms with Crippen LogP contribution in [0, 0.1) is 0 Å². The van der Waals surface area contributed by atoms with Gasteiger partial charge >= 0.3 is 0 Å². The molecule has 0 nitrogen and oxygen atoms in total. The lowest BCUT2D eigenvalue weighted by Crippen LogP contribution is -2.25. The summed E-state index contributed by atoms with van der Waals surface area (Å²) in [5, 5.41) is 10.5. The summed E-state index contributed by atoms with van der Waals surface area (Å²) in [6, 6.07) is 71.0. The fourth-order valence-electron chi connectivity index (χ4n) is 13.9. The number of fused-ring (bicyclic) bond motifs is 10. The van der Waals surface area contributed by atoms with Crippen molar-refractivity contribution in [2.75, 3.05) is 0 Å². The van der Waals surface area contributed by atoms with Gasteiger partial charge in [0, 0.05) is 10.8 Å². The van der Waals surface area contributed by atoms with Gasteiger partial charge in [-0.2, -0.15) is 0 Å². The number of hydrogen-bond acceptors (Lipinski definition) is 0. The minimum absolute atomic E-state index is 0.0222. The van der Waals surface area contributed by atoms with Gasteiger partial charge in [-0.1, -0.05) is 249 Å². The second kappa shape index (κ2) is 18.2. The van der Waals surface area contributed by atoms with E-state index in [-0.39, 0.29) is 10.8 Å². The average Bonchev–Trinajstić information content (AvgIpc) is 3.85. The summed E-state index contributed by atoms with van der Waals surface area (Å²) < 4.78 is 0. The molecule has 2 aliphatic rings. The highest BCUT2D eigenvalue weighted by Gasteiger charge is 2.44. The molecule has 12 rings (SSSR count). The number of benzene rings is 10. The summed E-state index contributed by atoms with van der Waals surface area (Å²) in [7, 11) is 0. The van der Waals surface area contributed by atoms with Crippen LogP contribution in [0.2, 0.25) is 0 Å². The largest absolute Gasteiger partial charge is 0.0654 e. The lowest BCUT2D eigenvalue weighted by molar-refractivity contribution is 0.414. The van der Waals surface area contributed by atoms with Crippen LogP contribution in [0.5, 0.6) is 0 Å². The van der Waals surface area contributed by atoms with Crippen molar-refractivity contribution in [3.05, 3.63) is 204 Å². The maximum Gasteiger partial charge on any atom is 0.0215 e. The number of hydrogen-bond donors (Lipinski definition) is 0. The first-order valence-corrected chi connectivity index (χ1v) is 26.9. The molecule has 346 valence electrons. The lowest BCUT2D eigenvalue weighted by Gasteiger charge is -2.33. The summed E-state index contributed by atoms with van der Waals surface area (Å²) in [4.78, 5) is 0. The van der Waals surface area contributed by atoms with E-state index in [1.165, 1.54) is 198 Å². The normalized spacial score (nSPS) is 14.1. The highest BCUT2D eigenvalue weighted by atomic mass is 14.5. The molecule has 0 fully saturated rings. The molecule has 10 aromatic carbocycles. The Morgan fingerprint density at radius 3 is 0.814 bits per heavy atom. The molecular weight excluding hydrogens is 841 g/mol. The molecule has 0 aromatic heterocycles. The first-order chi connectivity index (χ1) is 34.6. The van der Waals surface area contributed by atoms with E-state index in [9.17, 15) is 0 Å². The molecule has 0 radical (unpaired) electrons. The van der Waals surface area contributed by atoms with Crippen LogP contribution in [-0.2, 0) is 10.8 Å². The van der Waals surface area contributed by atoms with Crippen molar-refractivity contribution >= 4 is 43.1 Å². The fraction of sp³-hybridized carbons (Fsp3) is 0.257. The molecule has 0 heterocycles. The zero-order valence-corrected chi connectivity index (χ0v) is 41.8. The molecule has 2 aliphatic carbocycles. The topological polar surface area (TPSA) is 0 Å². The van der Waals surface area contributed by atoms with Crippen LogP contribution in [0.4, 0.5) is 0 Å². The van der Waals surface area contributed by atoms with Gasteiger partial charge in [0.1, 0.15) is 0 Å². The third kappa shape index (κ3) is 6.77. The second-order valence-corrected chi connectivity index (χ2v) is 20.9. The van der Waals surface area contributed by atoms with Gasteiger partial charge in [0.25, 0.3) is 0 Å². The van der Waals surface area contributed by atoms with Crippen molar-refractivity contribution in [3.8, 4) is 55.6 Å². The monoisotopic (exact) mass is 907 g/mol. The zero-order valence-electron chi connectivity index (χ0n) is 41.8. The highest BCUT2D eigenvalue weighted by molar-refractivity contribution is 6.30. The van der Waals surface area contributed by atoms with Crippen LogP contribution in [0.1, 0.15) is 127 Å². The molecule has 0 amide bonds. The Balaban J connectivity index is 1.10. The summed E-state index contributed by atoms with van der Waals surface area (Å²) in [6.07, 6.45) is 14.4. The molecular formula is C70H66. The third-order valence-corrected chi connectivity index (χ3v) is 17.1. The molecule has 0 spiro atoms. The molecule has 0 atom stereocenters. The van der Waals surface area contributed by atoms with E-state index in [2.05, 4.69) is 210 Å². The van der Waals surface area contributed by atoms with E-state index in [4.69, 9.17) is 0 Å². The van der Waals surface area contributed by atoms with Crippen molar-refractivity contribution < 1.29 is 0 Å². The smallest absolute Gasteiger partial charge is 0.0215 e. The Labute approximate surface area is 416 Å². The zero-order chi connectivity index (χ0) is 47.4. The second-order valence-electron chi connectivity index (χ2n) is 20.9. The lowest BCUT2D eigenvalue weighted by atomic mass is 9.70. The van der Waals surface area contributed by atoms with E-state index >= 15 is 0 Å². The molecule has 0 saturated carbocycles. The Morgan fingerprint density at radius 2 is 0.514 bits per heavy atom. The molecule has 0 heteroatoms. The minimum atomic E-state index is 0.0222. The Hall–Kier alpha value is -6.76. The van der Waals surface area contributed by atoms with Gasteiger partial charge in [-0.3, -0.25) is 0 Å². The first kappa shape index (κ1) is 44.4. The molecule has 70 heavy (non-hydrogen) atoms. The average molecular weight is 907 g/mol. The van der Waals surface area contributed by atoms with Crippen LogP contribution in [-0.4, -0.2) is 0 Å². The third-order valence-electron chi connectivity index (χ3n) is 17.1. The maximum atomic E-state index is 2.63. The van der Waals surface area contributed by atoms with E-state index in [1.807, 2.05) is 0 Å². The van der Waals surface area contributed by atoms with Crippen molar-refractivity contribution in [1.29, 1.82) is 0 Å². The predicted octanol–water partition coefficient (Wildman–Crippen LogP) is 20.6. The Kier molecular flexibility index (Phi) is 11.6. The van der Waals surface area contributed by atoms with E-state index in [0.29, 0.717) is 0 Å². The summed E-state index contributed by atoms with van der Waals surface area (Å²) in [6.45, 7) is 9.41. The van der Waals surface area contributed by atoms with Crippen molar-refractivity contribution in [3.63, 3.8) is 0 Å². The van der Waals surface area contributed by atoms with Crippen LogP contribution >= 0.6 is 0 Å². The van der Waals surface area contributed by atoms with Crippen LogP contribution in [0.25, 0.3) is 98.7 Å². The van der Waals surface area contributed by atoms with E-state index in [1.54, 1.807) is 0 Å². The van der Waals surface area contributed by atoms with Crippen LogP contribution < -0.4 is 0 Å².